The zero-order valence-electron chi connectivity index (χ0n) is 17.2. The van der Waals surface area contributed by atoms with Crippen molar-refractivity contribution in [2.75, 3.05) is 25.5 Å². The second-order valence-corrected chi connectivity index (χ2v) is 7.86. The fourth-order valence-electron chi connectivity index (χ4n) is 3.40. The summed E-state index contributed by atoms with van der Waals surface area (Å²) in [5.41, 5.74) is 3.01. The average molecular weight is 423 g/mol. The van der Waals surface area contributed by atoms with Crippen LogP contribution in [0.15, 0.2) is 84.4 Å². The van der Waals surface area contributed by atoms with E-state index in [1.54, 1.807) is 0 Å². The molecule has 1 aliphatic rings. The molecule has 1 aliphatic heterocycles. The molecule has 0 saturated carbocycles. The Labute approximate surface area is 183 Å². The van der Waals surface area contributed by atoms with Crippen molar-refractivity contribution in [2.45, 2.75) is 18.9 Å². The summed E-state index contributed by atoms with van der Waals surface area (Å²) < 4.78 is 6.12. The van der Waals surface area contributed by atoms with E-state index >= 15 is 0 Å². The summed E-state index contributed by atoms with van der Waals surface area (Å²) in [5, 5.41) is 3.03. The number of hydrogen-bond acceptors (Lipinski definition) is 3. The number of amides is 1. The van der Waals surface area contributed by atoms with Crippen molar-refractivity contribution in [3.05, 3.63) is 84.4 Å². The number of carbonyl (C=O) groups excluding carboxylic acids is 1. The quantitative estimate of drug-likeness (QED) is 0.464. The summed E-state index contributed by atoms with van der Waals surface area (Å²) in [4.78, 5) is 14.8. The van der Waals surface area contributed by atoms with Gasteiger partial charge in [0.1, 0.15) is 11.9 Å². The third-order valence-corrected chi connectivity index (χ3v) is 5.30. The lowest BCUT2D eigenvalue weighted by atomic mass is 10.0. The van der Waals surface area contributed by atoms with Crippen molar-refractivity contribution in [2.24, 2.45) is 0 Å². The summed E-state index contributed by atoms with van der Waals surface area (Å²) in [7, 11) is 2.14. The van der Waals surface area contributed by atoms with E-state index in [2.05, 4.69) is 30.4 Å². The van der Waals surface area contributed by atoms with E-state index in [1.165, 1.54) is 12.2 Å². The van der Waals surface area contributed by atoms with E-state index in [1.807, 2.05) is 48.5 Å². The smallest absolute Gasteiger partial charge is 0.257 e. The van der Waals surface area contributed by atoms with Gasteiger partial charge in [0.15, 0.2) is 0 Å². The minimum absolute atomic E-state index is 0.170. The molecule has 0 spiro atoms. The molecule has 30 heavy (non-hydrogen) atoms. The van der Waals surface area contributed by atoms with Crippen LogP contribution in [-0.4, -0.2) is 37.0 Å². The molecule has 1 amide bonds. The monoisotopic (exact) mass is 422 g/mol. The fourth-order valence-corrected chi connectivity index (χ4v) is 3.55. The molecular weight excluding hydrogens is 396 g/mol. The number of allylic oxidation sites excluding steroid dienone is 2. The molecule has 0 aliphatic carbocycles. The first kappa shape index (κ1) is 21.9. The van der Waals surface area contributed by atoms with E-state index in [9.17, 15) is 4.79 Å². The Hall–Kier alpha value is -2.82. The molecule has 1 heterocycles. The van der Waals surface area contributed by atoms with Crippen molar-refractivity contribution < 1.29 is 9.53 Å². The van der Waals surface area contributed by atoms with Crippen molar-refractivity contribution >= 4 is 23.2 Å². The Morgan fingerprint density at radius 2 is 1.87 bits per heavy atom. The first-order chi connectivity index (χ1) is 14.5. The summed E-state index contributed by atoms with van der Waals surface area (Å²) >= 11 is 5.92. The third kappa shape index (κ3) is 5.85. The van der Waals surface area contributed by atoms with E-state index in [4.69, 9.17) is 16.3 Å². The van der Waals surface area contributed by atoms with Gasteiger partial charge >= 0.3 is 0 Å². The van der Waals surface area contributed by atoms with Crippen molar-refractivity contribution in [3.8, 4) is 16.9 Å². The second-order valence-electron chi connectivity index (χ2n) is 7.40. The maximum Gasteiger partial charge on any atom is 0.257 e. The number of halogens is 1. The summed E-state index contributed by atoms with van der Waals surface area (Å²) in [6.07, 6.45) is 5.43. The molecular formula is C25H27ClN2O2. The molecule has 5 heteroatoms. The van der Waals surface area contributed by atoms with Crippen LogP contribution in [0.2, 0.25) is 0 Å². The highest BCUT2D eigenvalue weighted by molar-refractivity contribution is 6.35. The molecule has 3 rings (SSSR count). The standard InChI is InChI=1S/C25H27ClN2O2/c1-4-6-24(18(2)26)25(29)27-21-8-5-7-20(17-21)19-9-11-22(12-10-19)30-23-13-15-28(3)16-14-23/h4-12,17,23H,1-2,13-16H2,3H3,(H,27,29)/b24-6+. The lowest BCUT2D eigenvalue weighted by molar-refractivity contribution is -0.112. The minimum Gasteiger partial charge on any atom is -0.490 e. The number of nitrogens with zero attached hydrogens (tertiary/aromatic N) is 1. The molecule has 4 nitrogen and oxygen atoms in total. The van der Waals surface area contributed by atoms with Crippen LogP contribution in [0.1, 0.15) is 12.8 Å². The van der Waals surface area contributed by atoms with E-state index in [0.29, 0.717) is 5.69 Å². The Balaban J connectivity index is 1.68. The zero-order chi connectivity index (χ0) is 21.5. The number of carbonyl (C=O) groups is 1. The number of piperidine rings is 1. The van der Waals surface area contributed by atoms with Crippen molar-refractivity contribution in [3.63, 3.8) is 0 Å². The topological polar surface area (TPSA) is 41.6 Å². The second kappa shape index (κ2) is 10.3. The Morgan fingerprint density at radius 3 is 2.50 bits per heavy atom. The van der Waals surface area contributed by atoms with Gasteiger partial charge < -0.3 is 15.0 Å². The summed E-state index contributed by atoms with van der Waals surface area (Å²) in [5.74, 6) is 0.562. The molecule has 2 aromatic carbocycles. The van der Waals surface area contributed by atoms with Gasteiger partial charge in [-0.2, -0.15) is 0 Å². The molecule has 2 aromatic rings. The number of nitrogens with one attached hydrogen (secondary N) is 1. The molecule has 0 bridgehead atoms. The molecule has 156 valence electrons. The van der Waals surface area contributed by atoms with Gasteiger partial charge in [-0.25, -0.2) is 0 Å². The van der Waals surface area contributed by atoms with Crippen LogP contribution in [0.25, 0.3) is 11.1 Å². The number of ether oxygens (including phenoxy) is 1. The molecule has 0 atom stereocenters. The lowest BCUT2D eigenvalue weighted by Gasteiger charge is -2.29. The number of anilines is 1. The summed E-state index contributed by atoms with van der Waals surface area (Å²) in [6, 6.07) is 15.7. The van der Waals surface area contributed by atoms with Crippen molar-refractivity contribution in [1.82, 2.24) is 4.90 Å². The van der Waals surface area contributed by atoms with Crippen LogP contribution in [0.5, 0.6) is 5.75 Å². The van der Waals surface area contributed by atoms with Gasteiger partial charge in [-0.15, -0.1) is 0 Å². The molecule has 1 saturated heterocycles. The highest BCUT2D eigenvalue weighted by atomic mass is 35.5. The van der Waals surface area contributed by atoms with Crippen LogP contribution in [0.4, 0.5) is 5.69 Å². The molecule has 0 radical (unpaired) electrons. The summed E-state index contributed by atoms with van der Waals surface area (Å²) in [6.45, 7) is 9.38. The van der Waals surface area contributed by atoms with Gasteiger partial charge in [-0.1, -0.05) is 55.1 Å². The SMILES string of the molecule is C=C/C=C(\C(=C)Cl)C(=O)Nc1cccc(-c2ccc(OC3CCN(C)CC3)cc2)c1. The normalized spacial score (nSPS) is 15.5. The Kier molecular flexibility index (Phi) is 7.50. The first-order valence-electron chi connectivity index (χ1n) is 10.0. The lowest BCUT2D eigenvalue weighted by Crippen LogP contribution is -2.35. The van der Waals surface area contributed by atoms with Gasteiger partial charge in [0.25, 0.3) is 5.91 Å². The molecule has 1 N–H and O–H groups in total. The molecule has 0 aromatic heterocycles. The van der Waals surface area contributed by atoms with Crippen LogP contribution < -0.4 is 10.1 Å². The van der Waals surface area contributed by atoms with Gasteiger partial charge in [-0.3, -0.25) is 4.79 Å². The highest BCUT2D eigenvalue weighted by Gasteiger charge is 2.18. The predicted octanol–water partition coefficient (Wildman–Crippen LogP) is 5.63. The minimum atomic E-state index is -0.325. The average Bonchev–Trinajstić information content (AvgIpc) is 2.74. The molecule has 1 fully saturated rings. The van der Waals surface area contributed by atoms with Crippen LogP contribution in [-0.2, 0) is 4.79 Å². The van der Waals surface area contributed by atoms with Gasteiger partial charge in [0.2, 0.25) is 0 Å². The maximum atomic E-state index is 12.5. The first-order valence-corrected chi connectivity index (χ1v) is 10.4. The van der Waals surface area contributed by atoms with E-state index in [0.717, 1.165) is 42.8 Å². The van der Waals surface area contributed by atoms with Gasteiger partial charge in [0, 0.05) is 23.8 Å². The van der Waals surface area contributed by atoms with Gasteiger partial charge in [0.05, 0.1) is 5.57 Å². The number of hydrogen-bond donors (Lipinski definition) is 1. The number of benzene rings is 2. The Morgan fingerprint density at radius 1 is 1.17 bits per heavy atom. The zero-order valence-corrected chi connectivity index (χ0v) is 18.0. The van der Waals surface area contributed by atoms with Crippen LogP contribution >= 0.6 is 11.6 Å². The van der Waals surface area contributed by atoms with Crippen LogP contribution in [0, 0.1) is 0 Å². The fraction of sp³-hybridized carbons (Fsp3) is 0.240. The van der Waals surface area contributed by atoms with E-state index < -0.39 is 0 Å². The maximum absolute atomic E-state index is 12.5. The largest absolute Gasteiger partial charge is 0.490 e. The predicted molar refractivity (Wildman–Crippen MR) is 125 cm³/mol. The van der Waals surface area contributed by atoms with Gasteiger partial charge in [-0.05, 0) is 61.4 Å². The molecule has 0 unspecified atom stereocenters. The Bertz CT molecular complexity index is 942. The van der Waals surface area contributed by atoms with E-state index in [-0.39, 0.29) is 22.6 Å². The third-order valence-electron chi connectivity index (χ3n) is 5.10. The van der Waals surface area contributed by atoms with Crippen LogP contribution in [0.3, 0.4) is 0 Å². The number of rotatable bonds is 7. The number of likely N-dealkylation sites (tertiary alicyclic amines) is 1. The van der Waals surface area contributed by atoms with Crippen molar-refractivity contribution in [1.29, 1.82) is 0 Å². The highest BCUT2D eigenvalue weighted by Crippen LogP contribution is 2.27.